The number of nitrogens with zero attached hydrogens (tertiary/aromatic N) is 1. The van der Waals surface area contributed by atoms with Gasteiger partial charge in [-0.15, -0.1) is 0 Å². The largest absolute Gasteiger partial charge is 0.383 e. The van der Waals surface area contributed by atoms with Crippen LogP contribution in [-0.2, 0) is 4.79 Å². The van der Waals surface area contributed by atoms with Gasteiger partial charge in [0.25, 0.3) is 5.91 Å². The molecule has 1 heterocycles. The lowest BCUT2D eigenvalue weighted by atomic mass is 10.0. The Morgan fingerprint density at radius 2 is 2.13 bits per heavy atom. The number of aliphatic hydroxyl groups excluding tert-OH is 1. The number of likely N-dealkylation sites (N-methyl/N-ethyl adjacent to an activating group) is 1. The van der Waals surface area contributed by atoms with Gasteiger partial charge in [0.2, 0.25) is 0 Å². The molecule has 0 aromatic heterocycles. The van der Waals surface area contributed by atoms with E-state index in [0.29, 0.717) is 5.56 Å². The summed E-state index contributed by atoms with van der Waals surface area (Å²) in [6.07, 6.45) is -0.740. The Hall–Kier alpha value is -1.42. The molecule has 3 nitrogen and oxygen atoms in total. The van der Waals surface area contributed by atoms with Gasteiger partial charge in [0.1, 0.15) is 11.9 Å². The van der Waals surface area contributed by atoms with Crippen molar-refractivity contribution >= 4 is 5.91 Å². The molecule has 2 rings (SSSR count). The highest BCUT2D eigenvalue weighted by atomic mass is 19.1. The third kappa shape index (κ3) is 1.61. The van der Waals surface area contributed by atoms with Gasteiger partial charge in [0.05, 0.1) is 6.04 Å². The highest BCUT2D eigenvalue weighted by Crippen LogP contribution is 2.32. The molecule has 2 atom stereocenters. The van der Waals surface area contributed by atoms with Crippen molar-refractivity contribution in [1.82, 2.24) is 4.90 Å². The molecule has 1 fully saturated rings. The molecule has 1 aliphatic heterocycles. The van der Waals surface area contributed by atoms with Gasteiger partial charge in [0, 0.05) is 19.0 Å². The molecule has 0 radical (unpaired) electrons. The fraction of sp³-hybridized carbons (Fsp3) is 0.364. The predicted molar refractivity (Wildman–Crippen MR) is 52.5 cm³/mol. The van der Waals surface area contributed by atoms with Crippen molar-refractivity contribution in [2.45, 2.75) is 18.6 Å². The Balaban J connectivity index is 2.34. The van der Waals surface area contributed by atoms with Crippen LogP contribution in [0.2, 0.25) is 0 Å². The Labute approximate surface area is 87.1 Å². The van der Waals surface area contributed by atoms with Crippen molar-refractivity contribution in [3.63, 3.8) is 0 Å². The number of aliphatic hydroxyl groups is 1. The Morgan fingerprint density at radius 3 is 2.67 bits per heavy atom. The van der Waals surface area contributed by atoms with Crippen molar-refractivity contribution in [3.8, 4) is 0 Å². The summed E-state index contributed by atoms with van der Waals surface area (Å²) in [6, 6.07) is 5.97. The molecule has 80 valence electrons. The SMILES string of the molecule is CN1C(=O)C(O)CC1c1ccccc1F. The van der Waals surface area contributed by atoms with E-state index >= 15 is 0 Å². The summed E-state index contributed by atoms with van der Waals surface area (Å²) < 4.78 is 13.4. The first kappa shape index (κ1) is 10.1. The lowest BCUT2D eigenvalue weighted by Gasteiger charge is -2.19. The quantitative estimate of drug-likeness (QED) is 0.752. The third-order valence-electron chi connectivity index (χ3n) is 2.81. The minimum Gasteiger partial charge on any atom is -0.383 e. The third-order valence-corrected chi connectivity index (χ3v) is 2.81. The average molecular weight is 209 g/mol. The summed E-state index contributed by atoms with van der Waals surface area (Å²) >= 11 is 0. The number of rotatable bonds is 1. The summed E-state index contributed by atoms with van der Waals surface area (Å²) in [6.45, 7) is 0. The highest BCUT2D eigenvalue weighted by Gasteiger charge is 2.37. The van der Waals surface area contributed by atoms with Crippen LogP contribution in [0.1, 0.15) is 18.0 Å². The molecule has 0 aliphatic carbocycles. The lowest BCUT2D eigenvalue weighted by molar-refractivity contribution is -0.134. The van der Waals surface area contributed by atoms with Gasteiger partial charge in [-0.25, -0.2) is 4.39 Å². The molecule has 0 bridgehead atoms. The van der Waals surface area contributed by atoms with E-state index in [1.54, 1.807) is 25.2 Å². The fourth-order valence-corrected chi connectivity index (χ4v) is 1.94. The normalized spacial score (nSPS) is 26.1. The summed E-state index contributed by atoms with van der Waals surface area (Å²) in [5.74, 6) is -0.681. The van der Waals surface area contributed by atoms with Crippen molar-refractivity contribution in [1.29, 1.82) is 0 Å². The summed E-state index contributed by atoms with van der Waals surface area (Å²) in [5.41, 5.74) is 0.463. The van der Waals surface area contributed by atoms with Crippen molar-refractivity contribution in [2.24, 2.45) is 0 Å². The number of hydrogen-bond donors (Lipinski definition) is 1. The Morgan fingerprint density at radius 1 is 1.47 bits per heavy atom. The first-order valence-corrected chi connectivity index (χ1v) is 4.80. The summed E-state index contributed by atoms with van der Waals surface area (Å²) in [4.78, 5) is 12.7. The molecule has 1 aromatic carbocycles. The van der Waals surface area contributed by atoms with Gasteiger partial charge in [-0.2, -0.15) is 0 Å². The van der Waals surface area contributed by atoms with Crippen LogP contribution in [0.15, 0.2) is 24.3 Å². The maximum atomic E-state index is 13.4. The molecule has 1 N–H and O–H groups in total. The lowest BCUT2D eigenvalue weighted by Crippen LogP contribution is -2.27. The molecular weight excluding hydrogens is 197 g/mol. The van der Waals surface area contributed by atoms with Crippen LogP contribution in [0.25, 0.3) is 0 Å². The van der Waals surface area contributed by atoms with Crippen LogP contribution in [0.3, 0.4) is 0 Å². The van der Waals surface area contributed by atoms with Gasteiger partial charge in [-0.1, -0.05) is 18.2 Å². The van der Waals surface area contributed by atoms with Crippen LogP contribution in [-0.4, -0.2) is 29.1 Å². The number of carbonyl (C=O) groups is 1. The zero-order valence-electron chi connectivity index (χ0n) is 8.35. The van der Waals surface area contributed by atoms with Crippen LogP contribution in [0.4, 0.5) is 4.39 Å². The number of benzene rings is 1. The van der Waals surface area contributed by atoms with E-state index in [2.05, 4.69) is 0 Å². The topological polar surface area (TPSA) is 40.5 Å². The smallest absolute Gasteiger partial charge is 0.251 e. The monoisotopic (exact) mass is 209 g/mol. The van der Waals surface area contributed by atoms with Crippen LogP contribution >= 0.6 is 0 Å². The van der Waals surface area contributed by atoms with Gasteiger partial charge in [-0.05, 0) is 6.07 Å². The first-order chi connectivity index (χ1) is 7.11. The number of amides is 1. The molecule has 1 saturated heterocycles. The van der Waals surface area contributed by atoms with E-state index in [1.807, 2.05) is 0 Å². The standard InChI is InChI=1S/C11H12FNO2/c1-13-9(6-10(14)11(13)15)7-4-2-3-5-8(7)12/h2-5,9-10,14H,6H2,1H3. The van der Waals surface area contributed by atoms with Crippen LogP contribution in [0, 0.1) is 5.82 Å². The zero-order chi connectivity index (χ0) is 11.0. The van der Waals surface area contributed by atoms with Gasteiger partial charge in [0.15, 0.2) is 0 Å². The molecule has 15 heavy (non-hydrogen) atoms. The number of halogens is 1. The molecule has 0 spiro atoms. The maximum absolute atomic E-state index is 13.4. The molecule has 4 heteroatoms. The van der Waals surface area contributed by atoms with Gasteiger partial charge in [-0.3, -0.25) is 4.79 Å². The second-order valence-corrected chi connectivity index (χ2v) is 3.74. The number of hydrogen-bond acceptors (Lipinski definition) is 2. The second kappa shape index (κ2) is 3.62. The van der Waals surface area contributed by atoms with Crippen molar-refractivity contribution in [2.75, 3.05) is 7.05 Å². The molecule has 2 unspecified atom stereocenters. The van der Waals surface area contributed by atoms with E-state index in [0.717, 1.165) is 0 Å². The second-order valence-electron chi connectivity index (χ2n) is 3.74. The maximum Gasteiger partial charge on any atom is 0.251 e. The van der Waals surface area contributed by atoms with Gasteiger partial charge < -0.3 is 10.0 Å². The molecular formula is C11H12FNO2. The molecule has 1 amide bonds. The van der Waals surface area contributed by atoms with E-state index < -0.39 is 6.10 Å². The minimum atomic E-state index is -1.00. The van der Waals surface area contributed by atoms with E-state index in [9.17, 15) is 14.3 Å². The van der Waals surface area contributed by atoms with Gasteiger partial charge >= 0.3 is 0 Å². The average Bonchev–Trinajstić information content (AvgIpc) is 2.47. The van der Waals surface area contributed by atoms with E-state index in [1.165, 1.54) is 11.0 Å². The fourth-order valence-electron chi connectivity index (χ4n) is 1.94. The number of likely N-dealkylation sites (tertiary alicyclic amines) is 1. The highest BCUT2D eigenvalue weighted by molar-refractivity contribution is 5.83. The van der Waals surface area contributed by atoms with E-state index in [-0.39, 0.29) is 24.2 Å². The van der Waals surface area contributed by atoms with Crippen LogP contribution < -0.4 is 0 Å². The van der Waals surface area contributed by atoms with Crippen LogP contribution in [0.5, 0.6) is 0 Å². The molecule has 0 saturated carbocycles. The van der Waals surface area contributed by atoms with Crippen molar-refractivity contribution < 1.29 is 14.3 Å². The summed E-state index contributed by atoms with van der Waals surface area (Å²) in [7, 11) is 1.58. The number of carbonyl (C=O) groups excluding carboxylic acids is 1. The zero-order valence-corrected chi connectivity index (χ0v) is 8.35. The predicted octanol–water partition coefficient (Wildman–Crippen LogP) is 1.09. The molecule has 1 aliphatic rings. The molecule has 1 aromatic rings. The minimum absolute atomic E-state index is 0.260. The van der Waals surface area contributed by atoms with Crippen molar-refractivity contribution in [3.05, 3.63) is 35.6 Å². The first-order valence-electron chi connectivity index (χ1n) is 4.80. The Kier molecular flexibility index (Phi) is 2.44. The van der Waals surface area contributed by atoms with E-state index in [4.69, 9.17) is 0 Å². The summed E-state index contributed by atoms with van der Waals surface area (Å²) in [5, 5.41) is 9.38. The Bertz CT molecular complexity index is 394.